The maximum absolute atomic E-state index is 11.7. The molecule has 1 aliphatic heterocycles. The van der Waals surface area contributed by atoms with E-state index in [0.29, 0.717) is 6.54 Å². The van der Waals surface area contributed by atoms with Gasteiger partial charge in [-0.15, -0.1) is 11.3 Å². The summed E-state index contributed by atoms with van der Waals surface area (Å²) in [5, 5.41) is 14.0. The molecule has 0 radical (unpaired) electrons. The molecule has 0 aliphatic carbocycles. The number of rotatable bonds is 4. The van der Waals surface area contributed by atoms with Crippen LogP contribution in [0.15, 0.2) is 17.2 Å². The first kappa shape index (κ1) is 12.8. The second kappa shape index (κ2) is 5.30. The highest BCUT2D eigenvalue weighted by atomic mass is 32.1. The minimum atomic E-state index is -1.05. The van der Waals surface area contributed by atoms with Crippen molar-refractivity contribution in [3.63, 3.8) is 0 Å². The van der Waals surface area contributed by atoms with Crippen molar-refractivity contribution in [2.75, 3.05) is 0 Å². The van der Waals surface area contributed by atoms with Crippen LogP contribution in [0, 0.1) is 0 Å². The van der Waals surface area contributed by atoms with Gasteiger partial charge in [0.15, 0.2) is 0 Å². The average Bonchev–Trinajstić information content (AvgIpc) is 2.79. The number of aryl methyl sites for hydroxylation is 1. The molecule has 1 aromatic rings. The third-order valence-corrected chi connectivity index (χ3v) is 3.94. The number of hydrogen-bond acceptors (Lipinski definition) is 4. The summed E-state index contributed by atoms with van der Waals surface area (Å²) in [5.74, 6) is -1.17. The van der Waals surface area contributed by atoms with E-state index in [2.05, 4.69) is 12.0 Å². The van der Waals surface area contributed by atoms with Gasteiger partial charge in [0.25, 0.3) is 0 Å². The fraction of sp³-hybridized carbons (Fsp3) is 0.417. The Morgan fingerprint density at radius 1 is 1.44 bits per heavy atom. The summed E-state index contributed by atoms with van der Waals surface area (Å²) < 4.78 is 0. The van der Waals surface area contributed by atoms with E-state index in [9.17, 15) is 9.59 Å². The number of amides is 1. The first-order valence-corrected chi connectivity index (χ1v) is 6.60. The lowest BCUT2D eigenvalue weighted by Gasteiger charge is -2.21. The molecule has 2 heterocycles. The van der Waals surface area contributed by atoms with Crippen LogP contribution in [0.4, 0.5) is 0 Å². The van der Waals surface area contributed by atoms with E-state index in [-0.39, 0.29) is 24.5 Å². The Morgan fingerprint density at radius 3 is 2.78 bits per heavy atom. The van der Waals surface area contributed by atoms with Crippen LogP contribution in [0.3, 0.4) is 0 Å². The van der Waals surface area contributed by atoms with Crippen molar-refractivity contribution in [2.24, 2.45) is 5.10 Å². The largest absolute Gasteiger partial charge is 0.477 e. The third kappa shape index (κ3) is 2.76. The predicted octanol–water partition coefficient (Wildman–Crippen LogP) is 1.87. The van der Waals surface area contributed by atoms with Gasteiger partial charge in [-0.1, -0.05) is 6.92 Å². The van der Waals surface area contributed by atoms with Crippen molar-refractivity contribution in [3.8, 4) is 0 Å². The second-order valence-corrected chi connectivity index (χ2v) is 5.28. The monoisotopic (exact) mass is 266 g/mol. The number of carbonyl (C=O) groups excluding carboxylic acids is 1. The van der Waals surface area contributed by atoms with Gasteiger partial charge in [0.2, 0.25) is 5.91 Å². The summed E-state index contributed by atoms with van der Waals surface area (Å²) in [6.07, 6.45) is 1.40. The summed E-state index contributed by atoms with van der Waals surface area (Å²) in [4.78, 5) is 24.8. The molecule has 1 N–H and O–H groups in total. The van der Waals surface area contributed by atoms with Crippen molar-refractivity contribution in [3.05, 3.63) is 21.9 Å². The fourth-order valence-electron chi connectivity index (χ4n) is 1.72. The summed E-state index contributed by atoms with van der Waals surface area (Å²) >= 11 is 1.63. The molecule has 0 aromatic carbocycles. The minimum absolute atomic E-state index is 0.0573. The van der Waals surface area contributed by atoms with Gasteiger partial charge in [0.05, 0.1) is 6.54 Å². The lowest BCUT2D eigenvalue weighted by Crippen LogP contribution is -2.33. The van der Waals surface area contributed by atoms with Crippen LogP contribution in [-0.2, 0) is 22.6 Å². The summed E-state index contributed by atoms with van der Waals surface area (Å²) in [5.41, 5.74) is 0.0573. The summed E-state index contributed by atoms with van der Waals surface area (Å²) in [7, 11) is 0. The van der Waals surface area contributed by atoms with E-state index in [1.165, 1.54) is 9.89 Å². The van der Waals surface area contributed by atoms with Gasteiger partial charge in [-0.2, -0.15) is 5.10 Å². The smallest absolute Gasteiger partial charge is 0.352 e. The molecule has 1 aromatic heterocycles. The van der Waals surface area contributed by atoms with Crippen molar-refractivity contribution in [1.29, 1.82) is 0 Å². The van der Waals surface area contributed by atoms with Gasteiger partial charge >= 0.3 is 5.97 Å². The number of thiophene rings is 1. The van der Waals surface area contributed by atoms with Crippen LogP contribution in [0.25, 0.3) is 0 Å². The zero-order valence-electron chi connectivity index (χ0n) is 10.0. The molecule has 96 valence electrons. The molecule has 1 aliphatic rings. The molecule has 2 rings (SSSR count). The average molecular weight is 266 g/mol. The van der Waals surface area contributed by atoms with E-state index >= 15 is 0 Å². The van der Waals surface area contributed by atoms with Crippen LogP contribution in [-0.4, -0.2) is 27.7 Å². The van der Waals surface area contributed by atoms with Crippen molar-refractivity contribution in [1.82, 2.24) is 5.01 Å². The van der Waals surface area contributed by atoms with Crippen LogP contribution < -0.4 is 0 Å². The number of nitrogens with zero attached hydrogens (tertiary/aromatic N) is 2. The zero-order chi connectivity index (χ0) is 13.1. The lowest BCUT2D eigenvalue weighted by molar-refractivity contribution is -0.133. The Bertz CT molecular complexity index is 507. The summed E-state index contributed by atoms with van der Waals surface area (Å²) in [6, 6.07) is 3.98. The van der Waals surface area contributed by atoms with Crippen LogP contribution in [0.2, 0.25) is 0 Å². The Hall–Kier alpha value is -1.69. The molecule has 0 fully saturated rings. The molecule has 0 spiro atoms. The van der Waals surface area contributed by atoms with Crippen molar-refractivity contribution in [2.45, 2.75) is 32.7 Å². The number of aliphatic carboxylic acids is 1. The van der Waals surface area contributed by atoms with Crippen molar-refractivity contribution < 1.29 is 14.7 Å². The lowest BCUT2D eigenvalue weighted by atomic mass is 10.1. The fourth-order valence-corrected chi connectivity index (χ4v) is 2.66. The molecule has 0 saturated heterocycles. The molecule has 0 atom stereocenters. The van der Waals surface area contributed by atoms with Gasteiger partial charge in [-0.25, -0.2) is 9.80 Å². The highest BCUT2D eigenvalue weighted by molar-refractivity contribution is 7.11. The molecule has 0 bridgehead atoms. The molecular weight excluding hydrogens is 252 g/mol. The van der Waals surface area contributed by atoms with Gasteiger partial charge in [0.1, 0.15) is 5.71 Å². The highest BCUT2D eigenvalue weighted by Gasteiger charge is 2.24. The Morgan fingerprint density at radius 2 is 2.17 bits per heavy atom. The Labute approximate surface area is 109 Å². The summed E-state index contributed by atoms with van der Waals surface area (Å²) in [6.45, 7) is 2.43. The Balaban J connectivity index is 2.13. The second-order valence-electron chi connectivity index (χ2n) is 4.02. The third-order valence-electron chi connectivity index (χ3n) is 2.72. The normalized spacial score (nSPS) is 15.7. The topological polar surface area (TPSA) is 70.0 Å². The maximum Gasteiger partial charge on any atom is 0.352 e. The first-order valence-electron chi connectivity index (χ1n) is 5.79. The molecule has 5 nitrogen and oxygen atoms in total. The van der Waals surface area contributed by atoms with Gasteiger partial charge in [-0.05, 0) is 18.6 Å². The standard InChI is InChI=1S/C12H14N2O3S/c1-2-8-3-4-9(18-8)7-14-11(15)6-5-10(13-14)12(16)17/h3-4H,2,5-7H2,1H3,(H,16,17). The first-order chi connectivity index (χ1) is 8.60. The van der Waals surface area contributed by atoms with E-state index in [1.807, 2.05) is 12.1 Å². The van der Waals surface area contributed by atoms with E-state index < -0.39 is 5.97 Å². The minimum Gasteiger partial charge on any atom is -0.477 e. The molecule has 0 unspecified atom stereocenters. The number of hydrogen-bond donors (Lipinski definition) is 1. The van der Waals surface area contributed by atoms with Crippen LogP contribution >= 0.6 is 11.3 Å². The van der Waals surface area contributed by atoms with Gasteiger partial charge in [0, 0.05) is 22.6 Å². The van der Waals surface area contributed by atoms with Gasteiger partial charge in [-0.3, -0.25) is 4.79 Å². The maximum atomic E-state index is 11.7. The van der Waals surface area contributed by atoms with Crippen molar-refractivity contribution >= 4 is 28.9 Å². The van der Waals surface area contributed by atoms with E-state index in [4.69, 9.17) is 5.11 Å². The van der Waals surface area contributed by atoms with E-state index in [1.54, 1.807) is 11.3 Å². The highest BCUT2D eigenvalue weighted by Crippen LogP contribution is 2.21. The molecule has 0 saturated carbocycles. The molecule has 18 heavy (non-hydrogen) atoms. The SMILES string of the molecule is CCc1ccc(CN2N=C(C(=O)O)CCC2=O)s1. The number of hydrazone groups is 1. The number of carbonyl (C=O) groups is 2. The number of carboxylic acids is 1. The number of carboxylic acid groups (broad SMARTS) is 1. The predicted molar refractivity (Wildman–Crippen MR) is 68.6 cm³/mol. The van der Waals surface area contributed by atoms with Gasteiger partial charge < -0.3 is 5.11 Å². The zero-order valence-corrected chi connectivity index (χ0v) is 10.9. The molecule has 1 amide bonds. The van der Waals surface area contributed by atoms with Crippen LogP contribution in [0.5, 0.6) is 0 Å². The molecule has 6 heteroatoms. The quantitative estimate of drug-likeness (QED) is 0.904. The molecular formula is C12H14N2O3S. The van der Waals surface area contributed by atoms with E-state index in [0.717, 1.165) is 11.3 Å². The Kier molecular flexibility index (Phi) is 3.76. The van der Waals surface area contributed by atoms with Crippen LogP contribution in [0.1, 0.15) is 29.5 Å².